The van der Waals surface area contributed by atoms with Crippen LogP contribution in [-0.2, 0) is 38.0 Å². The average Bonchev–Trinajstić information content (AvgIpc) is 3.56. The number of Topliss-reactive ketones (excluding diaryl/α,β-unsaturated/α-hetero) is 1. The molecule has 62 heavy (non-hydrogen) atoms. The zero-order chi connectivity index (χ0) is 45.7. The predicted octanol–water partition coefficient (Wildman–Crippen LogP) is 6.18. The molecule has 18 nitrogen and oxygen atoms in total. The predicted molar refractivity (Wildman–Crippen MR) is 211 cm³/mol. The third kappa shape index (κ3) is 8.65. The minimum absolute atomic E-state index is 0.0637. The molecule has 1 aliphatic carbocycles. The van der Waals surface area contributed by atoms with Crippen LogP contribution in [0.5, 0.6) is 11.5 Å². The Balaban J connectivity index is 1.50. The van der Waals surface area contributed by atoms with Crippen molar-refractivity contribution in [3.63, 3.8) is 0 Å². The lowest BCUT2D eigenvalue weighted by molar-refractivity contribution is -0.387. The van der Waals surface area contributed by atoms with Crippen LogP contribution >= 0.6 is 0 Å². The van der Waals surface area contributed by atoms with Crippen molar-refractivity contribution < 1.29 is 70.9 Å². The van der Waals surface area contributed by atoms with E-state index >= 15 is 0 Å². The summed E-state index contributed by atoms with van der Waals surface area (Å²) in [6.07, 6.45) is -8.60. The molecule has 3 heterocycles. The van der Waals surface area contributed by atoms with E-state index in [4.69, 9.17) is 37.9 Å². The van der Waals surface area contributed by atoms with Crippen LogP contribution in [0.3, 0.4) is 0 Å². The summed E-state index contributed by atoms with van der Waals surface area (Å²) in [7, 11) is 4.91. The van der Waals surface area contributed by atoms with Gasteiger partial charge < -0.3 is 42.8 Å². The smallest absolute Gasteiger partial charge is 0.482 e. The monoisotopic (exact) mass is 877 g/mol. The van der Waals surface area contributed by atoms with Crippen molar-refractivity contribution in [2.24, 2.45) is 29.6 Å². The third-order valence-corrected chi connectivity index (χ3v) is 13.0. The van der Waals surface area contributed by atoms with E-state index in [1.54, 1.807) is 55.6 Å². The minimum Gasteiger partial charge on any atom is -0.482 e. The number of nitro groups is 2. The fraction of sp³-hybridized carbons (Fsp3) is 0.643. The SMILES string of the molecule is CO[C@@]1(C)C[C@@H](C)C(=O)[C@H](C)[C@H]2OC(=O)O[C@@]23C(C)[C@H]3OC(=O)[C@H](C)[C@@H](Oc2ccc(F)cc2[N+](=O)[O-])[C@H](C)[C@H]1O[C@@H]1O[C@H](C)C[C@H](N(C)C)[C@H]1Oc1ccc(F)cc1[N+](=O)[O-]. The lowest BCUT2D eigenvalue weighted by Gasteiger charge is -2.49. The maximum absolute atomic E-state index is 14.4. The van der Waals surface area contributed by atoms with Crippen molar-refractivity contribution in [3.05, 3.63) is 68.3 Å². The standard InChI is InChI=1S/C42H53F2N3O15/c1-19-18-41(7,55-10)35(60-39-34(29(45(8)9)15-20(2)56-39)58-31-14-12-26(44)17-28(31)47(53)54)22(4)33(57-30-13-11-25(43)16-27(30)46(51)52)23(5)38(49)59-37-24(6)42(37)36(21(3)32(19)48)61-40(50)62-42/h11-14,16-17,19-24,29,33-37,39H,15,18H2,1-10H3/t19-,20-,21+,22+,23-,24?,29+,33+,34-,35-,36-,37-,39+,41+,42+/m1/s1. The van der Waals surface area contributed by atoms with Gasteiger partial charge in [0.05, 0.1) is 57.7 Å². The third-order valence-electron chi connectivity index (χ3n) is 13.0. The molecule has 15 atom stereocenters. The fourth-order valence-corrected chi connectivity index (χ4v) is 9.52. The Morgan fingerprint density at radius 3 is 1.92 bits per heavy atom. The second-order valence-electron chi connectivity index (χ2n) is 17.4. The summed E-state index contributed by atoms with van der Waals surface area (Å²) < 4.78 is 78.4. The number of ether oxygens (including phenoxy) is 8. The van der Waals surface area contributed by atoms with Crippen molar-refractivity contribution in [2.75, 3.05) is 21.2 Å². The Morgan fingerprint density at radius 2 is 1.39 bits per heavy atom. The van der Waals surface area contributed by atoms with Gasteiger partial charge in [-0.2, -0.15) is 0 Å². The second kappa shape index (κ2) is 17.6. The minimum atomic E-state index is -1.52. The normalized spacial score (nSPS) is 37.5. The molecule has 1 unspecified atom stereocenters. The molecule has 0 aromatic heterocycles. The Kier molecular flexibility index (Phi) is 13.2. The molecule has 6 rings (SSSR count). The van der Waals surface area contributed by atoms with Crippen molar-refractivity contribution in [3.8, 4) is 11.5 Å². The van der Waals surface area contributed by atoms with Gasteiger partial charge in [0.1, 0.15) is 23.5 Å². The maximum Gasteiger partial charge on any atom is 0.509 e. The lowest BCUT2D eigenvalue weighted by atomic mass is 9.75. The molecule has 0 radical (unpaired) electrons. The van der Waals surface area contributed by atoms with Crippen LogP contribution in [0.2, 0.25) is 0 Å². The van der Waals surface area contributed by atoms with Crippen LogP contribution in [0.1, 0.15) is 61.3 Å². The van der Waals surface area contributed by atoms with Crippen molar-refractivity contribution in [1.29, 1.82) is 0 Å². The van der Waals surface area contributed by atoms with Gasteiger partial charge in [0.25, 0.3) is 0 Å². The molecular weight excluding hydrogens is 824 g/mol. The Morgan fingerprint density at radius 1 is 0.823 bits per heavy atom. The molecule has 0 N–H and O–H groups in total. The zero-order valence-corrected chi connectivity index (χ0v) is 36.1. The number of nitrogens with zero attached hydrogens (tertiary/aromatic N) is 3. The van der Waals surface area contributed by atoms with E-state index in [2.05, 4.69) is 0 Å². The number of ketones is 1. The second-order valence-corrected chi connectivity index (χ2v) is 17.4. The number of hydrogen-bond acceptors (Lipinski definition) is 16. The molecule has 3 saturated heterocycles. The van der Waals surface area contributed by atoms with Crippen LogP contribution < -0.4 is 9.47 Å². The maximum atomic E-state index is 14.4. The quantitative estimate of drug-likeness (QED) is 0.148. The topological polar surface area (TPSA) is 215 Å². The summed E-state index contributed by atoms with van der Waals surface area (Å²) in [4.78, 5) is 66.0. The van der Waals surface area contributed by atoms with Gasteiger partial charge >= 0.3 is 23.5 Å². The number of halogens is 2. The number of hydrogen-bond donors (Lipinski definition) is 0. The molecule has 4 aliphatic rings. The molecule has 340 valence electrons. The first-order valence-electron chi connectivity index (χ1n) is 20.4. The van der Waals surface area contributed by atoms with E-state index in [-0.39, 0.29) is 18.0 Å². The van der Waals surface area contributed by atoms with E-state index in [0.29, 0.717) is 12.5 Å². The molecule has 2 aromatic carbocycles. The number of benzene rings is 2. The molecule has 4 fully saturated rings. The van der Waals surface area contributed by atoms with E-state index < -0.39 is 140 Å². The summed E-state index contributed by atoms with van der Waals surface area (Å²) in [5.74, 6) is -8.35. The van der Waals surface area contributed by atoms with Crippen molar-refractivity contribution >= 4 is 29.3 Å². The summed E-state index contributed by atoms with van der Waals surface area (Å²) >= 11 is 0. The summed E-state index contributed by atoms with van der Waals surface area (Å²) in [6, 6.07) is 5.03. The average molecular weight is 878 g/mol. The lowest BCUT2D eigenvalue weighted by Crippen LogP contribution is -2.61. The summed E-state index contributed by atoms with van der Waals surface area (Å²) in [6.45, 7) is 11.5. The molecule has 1 spiro atoms. The van der Waals surface area contributed by atoms with E-state index in [9.17, 15) is 43.4 Å². The van der Waals surface area contributed by atoms with Gasteiger partial charge in [-0.25, -0.2) is 13.6 Å². The number of carbonyl (C=O) groups excluding carboxylic acids is 3. The number of rotatable bonds is 10. The highest BCUT2D eigenvalue weighted by atomic mass is 19.1. The first kappa shape index (κ1) is 46.5. The van der Waals surface area contributed by atoms with Crippen LogP contribution in [0.15, 0.2) is 36.4 Å². The van der Waals surface area contributed by atoms with Crippen LogP contribution in [0, 0.1) is 61.5 Å². The van der Waals surface area contributed by atoms with Gasteiger partial charge in [-0.3, -0.25) is 29.8 Å². The zero-order valence-electron chi connectivity index (χ0n) is 36.1. The van der Waals surface area contributed by atoms with Gasteiger partial charge in [0.15, 0.2) is 41.7 Å². The van der Waals surface area contributed by atoms with Crippen LogP contribution in [0.4, 0.5) is 25.0 Å². The van der Waals surface area contributed by atoms with Gasteiger partial charge in [0, 0.05) is 24.9 Å². The number of carbonyl (C=O) groups is 3. The highest BCUT2D eigenvalue weighted by Crippen LogP contribution is 2.58. The largest absolute Gasteiger partial charge is 0.509 e. The molecule has 20 heteroatoms. The van der Waals surface area contributed by atoms with Crippen LogP contribution in [-0.4, -0.2) is 114 Å². The van der Waals surface area contributed by atoms with Crippen molar-refractivity contribution in [1.82, 2.24) is 4.90 Å². The molecular formula is C42H53F2N3O15. The first-order chi connectivity index (χ1) is 29.0. The summed E-state index contributed by atoms with van der Waals surface area (Å²) in [5.41, 5.74) is -4.37. The van der Waals surface area contributed by atoms with E-state index in [1.807, 2.05) is 4.90 Å². The molecule has 2 aromatic rings. The number of methoxy groups -OCH3 is 1. The van der Waals surface area contributed by atoms with Crippen molar-refractivity contribution in [2.45, 2.75) is 121 Å². The number of esters is 1. The van der Waals surface area contributed by atoms with Gasteiger partial charge in [0.2, 0.25) is 0 Å². The van der Waals surface area contributed by atoms with Gasteiger partial charge in [-0.05, 0) is 72.0 Å². The molecule has 3 aliphatic heterocycles. The van der Waals surface area contributed by atoms with E-state index in [0.717, 1.165) is 30.3 Å². The number of likely N-dealkylation sites (N-methyl/N-ethyl adjacent to an activating group) is 1. The molecule has 1 saturated carbocycles. The van der Waals surface area contributed by atoms with Crippen LogP contribution in [0.25, 0.3) is 0 Å². The van der Waals surface area contributed by atoms with Gasteiger partial charge in [-0.15, -0.1) is 0 Å². The molecule has 0 bridgehead atoms. The first-order valence-corrected chi connectivity index (χ1v) is 20.4. The Labute approximate surface area is 356 Å². The fourth-order valence-electron chi connectivity index (χ4n) is 9.52. The summed E-state index contributed by atoms with van der Waals surface area (Å²) in [5, 5.41) is 24.3. The Bertz CT molecular complexity index is 2080. The highest BCUT2D eigenvalue weighted by molar-refractivity contribution is 5.85. The Hall–Kier alpha value is -5.05. The number of nitro benzene ring substituents is 2. The van der Waals surface area contributed by atoms with E-state index in [1.165, 1.54) is 14.0 Å². The molecule has 0 amide bonds. The highest BCUT2D eigenvalue weighted by Gasteiger charge is 2.78. The van der Waals surface area contributed by atoms with Gasteiger partial charge in [-0.1, -0.05) is 27.7 Å².